The lowest BCUT2D eigenvalue weighted by molar-refractivity contribution is 1.05. The van der Waals surface area contributed by atoms with Crippen molar-refractivity contribution in [3.8, 4) is 0 Å². The van der Waals surface area contributed by atoms with Crippen molar-refractivity contribution in [1.29, 1.82) is 0 Å². The molecule has 6 heteroatoms. The van der Waals surface area contributed by atoms with Crippen molar-refractivity contribution in [1.82, 2.24) is 4.98 Å². The van der Waals surface area contributed by atoms with Gasteiger partial charge in [-0.1, -0.05) is 16.8 Å². The van der Waals surface area contributed by atoms with E-state index >= 15 is 0 Å². The van der Waals surface area contributed by atoms with Gasteiger partial charge in [-0.3, -0.25) is 0 Å². The van der Waals surface area contributed by atoms with Gasteiger partial charge in [0.1, 0.15) is 5.69 Å². The zero-order valence-electron chi connectivity index (χ0n) is 5.33. The lowest BCUT2D eigenvalue weighted by atomic mass is 10.4. The molecule has 0 radical (unpaired) electrons. The molecule has 0 aliphatic rings. The Balaban J connectivity index is 3.12. The van der Waals surface area contributed by atoms with Gasteiger partial charge in [0.05, 0.1) is 0 Å². The van der Waals surface area contributed by atoms with Gasteiger partial charge in [0.15, 0.2) is 5.15 Å². The minimum absolute atomic E-state index is 0.280. The lowest BCUT2D eigenvalue weighted by Gasteiger charge is -1.94. The van der Waals surface area contributed by atoms with Gasteiger partial charge in [-0.05, 0) is 22.0 Å². The van der Waals surface area contributed by atoms with Crippen molar-refractivity contribution in [3.05, 3.63) is 21.9 Å². The molecular weight excluding hydrogens is 231 g/mol. The molecule has 1 rings (SSSR count). The molecule has 4 nitrogen and oxygen atoms in total. The number of aromatic nitrogens is 1. The van der Waals surface area contributed by atoms with Crippen LogP contribution in [0.15, 0.2) is 27.1 Å². The molecule has 2 N–H and O–H groups in total. The van der Waals surface area contributed by atoms with Crippen LogP contribution in [-0.2, 0) is 0 Å². The molecule has 1 aromatic rings. The number of nitrogens with zero attached hydrogens (tertiary/aromatic N) is 3. The van der Waals surface area contributed by atoms with Crippen LogP contribution in [0.4, 0.5) is 5.69 Å². The molecule has 0 bridgehead atoms. The van der Waals surface area contributed by atoms with Gasteiger partial charge in [-0.15, -0.1) is 5.11 Å². The van der Waals surface area contributed by atoms with Crippen molar-refractivity contribution in [2.75, 3.05) is 0 Å². The maximum absolute atomic E-state index is 5.63. The van der Waals surface area contributed by atoms with E-state index in [0.717, 1.165) is 4.47 Å². The third kappa shape index (κ3) is 2.13. The highest BCUT2D eigenvalue weighted by Gasteiger charge is 1.99. The summed E-state index contributed by atoms with van der Waals surface area (Å²) in [7, 11) is 0. The predicted octanol–water partition coefficient (Wildman–Crippen LogP) is 2.45. The van der Waals surface area contributed by atoms with E-state index in [0.29, 0.717) is 5.69 Å². The highest BCUT2D eigenvalue weighted by Crippen LogP contribution is 2.25. The summed E-state index contributed by atoms with van der Waals surface area (Å²) in [5.41, 5.74) is 0.448. The highest BCUT2D eigenvalue weighted by atomic mass is 79.9. The molecule has 0 saturated heterocycles. The maximum atomic E-state index is 5.63. The summed E-state index contributed by atoms with van der Waals surface area (Å²) in [5, 5.41) is 6.91. The topological polar surface area (TPSA) is 63.6 Å². The van der Waals surface area contributed by atoms with E-state index in [-0.39, 0.29) is 5.15 Å². The first-order chi connectivity index (χ1) is 5.24. The summed E-state index contributed by atoms with van der Waals surface area (Å²) in [6, 6.07) is 1.67. The Labute approximate surface area is 76.6 Å². The first-order valence-electron chi connectivity index (χ1n) is 2.66. The molecule has 0 aliphatic heterocycles. The second-order valence-corrected chi connectivity index (χ2v) is 2.95. The summed E-state index contributed by atoms with van der Waals surface area (Å²) in [6.07, 6.45) is 1.57. The van der Waals surface area contributed by atoms with Crippen LogP contribution in [0.2, 0.25) is 5.15 Å². The molecule has 0 aliphatic carbocycles. The van der Waals surface area contributed by atoms with Gasteiger partial charge in [-0.25, -0.2) is 4.98 Å². The fourth-order valence-corrected chi connectivity index (χ4v) is 1.00. The molecule has 1 heterocycles. The Hall–Kier alpha value is -0.680. The number of hydrogen-bond acceptors (Lipinski definition) is 3. The largest absolute Gasteiger partial charge is 0.305 e. The molecule has 58 valence electrons. The Morgan fingerprint density at radius 3 is 3.00 bits per heavy atom. The third-order valence-corrected chi connectivity index (χ3v) is 1.68. The normalized spacial score (nSPS) is 10.7. The van der Waals surface area contributed by atoms with E-state index in [4.69, 9.17) is 17.4 Å². The van der Waals surface area contributed by atoms with Crippen LogP contribution in [0.25, 0.3) is 0 Å². The van der Waals surface area contributed by atoms with Crippen LogP contribution in [0.3, 0.4) is 0 Å². The molecule has 0 unspecified atom stereocenters. The lowest BCUT2D eigenvalue weighted by Crippen LogP contribution is -1.78. The fourth-order valence-electron chi connectivity index (χ4n) is 0.544. The molecule has 0 atom stereocenters. The second kappa shape index (κ2) is 3.64. The van der Waals surface area contributed by atoms with Crippen LogP contribution in [0.5, 0.6) is 0 Å². The summed E-state index contributed by atoms with van der Waals surface area (Å²) in [4.78, 5) is 3.81. The van der Waals surface area contributed by atoms with Crippen LogP contribution < -0.4 is 5.84 Å². The van der Waals surface area contributed by atoms with E-state index in [1.807, 2.05) is 0 Å². The second-order valence-electron chi connectivity index (χ2n) is 1.68. The van der Waals surface area contributed by atoms with Gasteiger partial charge in [0, 0.05) is 10.7 Å². The quantitative estimate of drug-likeness (QED) is 0.352. The van der Waals surface area contributed by atoms with Gasteiger partial charge < -0.3 is 5.84 Å². The Morgan fingerprint density at radius 1 is 1.64 bits per heavy atom. The van der Waals surface area contributed by atoms with Gasteiger partial charge in [-0.2, -0.15) is 0 Å². The molecule has 0 spiro atoms. The van der Waals surface area contributed by atoms with Crippen LogP contribution >= 0.6 is 27.5 Å². The van der Waals surface area contributed by atoms with Crippen LogP contribution in [0.1, 0.15) is 0 Å². The Morgan fingerprint density at radius 2 is 2.36 bits per heavy atom. The smallest absolute Gasteiger partial charge is 0.156 e. The molecule has 11 heavy (non-hydrogen) atoms. The molecule has 0 saturated carbocycles. The monoisotopic (exact) mass is 234 g/mol. The summed E-state index contributed by atoms with van der Waals surface area (Å²) in [6.45, 7) is 0. The minimum atomic E-state index is 0.280. The van der Waals surface area contributed by atoms with E-state index in [1.54, 1.807) is 12.3 Å². The van der Waals surface area contributed by atoms with Gasteiger partial charge in [0.2, 0.25) is 0 Å². The Kier molecular flexibility index (Phi) is 2.78. The van der Waals surface area contributed by atoms with E-state index < -0.39 is 0 Å². The molecular formula is C5H4BrClN4. The van der Waals surface area contributed by atoms with E-state index in [1.165, 1.54) is 0 Å². The zero-order chi connectivity index (χ0) is 8.27. The summed E-state index contributed by atoms with van der Waals surface area (Å²) < 4.78 is 0.782. The maximum Gasteiger partial charge on any atom is 0.156 e. The molecule has 0 fully saturated rings. The van der Waals surface area contributed by atoms with Crippen molar-refractivity contribution in [2.24, 2.45) is 16.2 Å². The third-order valence-electron chi connectivity index (χ3n) is 0.953. The minimum Gasteiger partial charge on any atom is -0.305 e. The zero-order valence-corrected chi connectivity index (χ0v) is 7.67. The standard InChI is InChI=1S/C5H4BrClN4/c6-3-1-4(10-11-8)5(7)9-2-3/h1-2H,(H2,8,10). The van der Waals surface area contributed by atoms with Crippen molar-refractivity contribution in [2.45, 2.75) is 0 Å². The van der Waals surface area contributed by atoms with Crippen LogP contribution in [-0.4, -0.2) is 4.98 Å². The number of rotatable bonds is 1. The number of hydrogen-bond donors (Lipinski definition) is 1. The first kappa shape index (κ1) is 8.42. The van der Waals surface area contributed by atoms with Crippen molar-refractivity contribution in [3.63, 3.8) is 0 Å². The van der Waals surface area contributed by atoms with Crippen molar-refractivity contribution < 1.29 is 0 Å². The number of nitrogens with two attached hydrogens (primary N) is 1. The number of pyridine rings is 1. The average Bonchev–Trinajstić information content (AvgIpc) is 1.98. The fraction of sp³-hybridized carbons (Fsp3) is 0. The van der Waals surface area contributed by atoms with E-state index in [9.17, 15) is 0 Å². The van der Waals surface area contributed by atoms with Gasteiger partial charge >= 0.3 is 0 Å². The summed E-state index contributed by atoms with van der Waals surface area (Å²) in [5.74, 6) is 4.84. The Bertz CT molecular complexity index is 288. The molecule has 0 aromatic carbocycles. The molecule has 0 amide bonds. The highest BCUT2D eigenvalue weighted by molar-refractivity contribution is 9.10. The average molecular weight is 235 g/mol. The van der Waals surface area contributed by atoms with Crippen LogP contribution in [0, 0.1) is 0 Å². The van der Waals surface area contributed by atoms with E-state index in [2.05, 4.69) is 31.3 Å². The summed E-state index contributed by atoms with van der Waals surface area (Å²) >= 11 is 8.84. The number of halogens is 2. The molecule has 1 aromatic heterocycles. The predicted molar refractivity (Wildman–Crippen MR) is 45.7 cm³/mol. The van der Waals surface area contributed by atoms with Crippen molar-refractivity contribution >= 4 is 33.2 Å². The van der Waals surface area contributed by atoms with Gasteiger partial charge in [0.25, 0.3) is 0 Å². The first-order valence-corrected chi connectivity index (χ1v) is 3.83. The SMILES string of the molecule is NN=Nc1cc(Br)cnc1Cl.